The molecule has 1 aliphatic carbocycles. The third-order valence-electron chi connectivity index (χ3n) is 7.21. The summed E-state index contributed by atoms with van der Waals surface area (Å²) in [5.41, 5.74) is 0. The molecule has 0 spiro atoms. The van der Waals surface area contributed by atoms with Gasteiger partial charge in [0.05, 0.1) is 6.10 Å². The van der Waals surface area contributed by atoms with Gasteiger partial charge in [-0.15, -0.1) is 0 Å². The molecule has 0 bridgehead atoms. The number of aliphatic hydroxyl groups is 1. The number of aliphatic hydroxyl groups excluding tert-OH is 1. The fraction of sp³-hybridized carbons (Fsp3) is 0.852. The summed E-state index contributed by atoms with van der Waals surface area (Å²) in [4.78, 5) is 26.8. The van der Waals surface area contributed by atoms with Gasteiger partial charge in [-0.2, -0.15) is 0 Å². The number of nitrogens with zero attached hydrogens (tertiary/aromatic N) is 1. The highest BCUT2D eigenvalue weighted by atomic mass is 16.3. The van der Waals surface area contributed by atoms with Crippen LogP contribution in [0.3, 0.4) is 0 Å². The van der Waals surface area contributed by atoms with Gasteiger partial charge in [-0.25, -0.2) is 0 Å². The second-order valence-corrected chi connectivity index (χ2v) is 9.93. The third kappa shape index (κ3) is 11.1. The quantitative estimate of drug-likeness (QED) is 0.257. The van der Waals surface area contributed by atoms with Gasteiger partial charge in [0.1, 0.15) is 5.78 Å². The number of rotatable bonds is 16. The molecule has 5 heteroatoms. The van der Waals surface area contributed by atoms with Crippen molar-refractivity contribution in [3.8, 4) is 0 Å². The van der Waals surface area contributed by atoms with Crippen LogP contribution in [-0.2, 0) is 9.59 Å². The number of allylic oxidation sites excluding steroid dienone is 1. The summed E-state index contributed by atoms with van der Waals surface area (Å²) >= 11 is 0. The summed E-state index contributed by atoms with van der Waals surface area (Å²) in [6, 6.07) is 0. The lowest BCUT2D eigenvalue weighted by molar-refractivity contribution is -0.121. The molecule has 0 aromatic rings. The molecule has 2 N–H and O–H groups in total. The van der Waals surface area contributed by atoms with Crippen molar-refractivity contribution in [2.24, 2.45) is 11.8 Å². The highest BCUT2D eigenvalue weighted by Crippen LogP contribution is 2.34. The van der Waals surface area contributed by atoms with Crippen molar-refractivity contribution < 1.29 is 14.7 Å². The maximum absolute atomic E-state index is 12.3. The van der Waals surface area contributed by atoms with Gasteiger partial charge >= 0.3 is 0 Å². The Hall–Kier alpha value is -1.20. The Bertz CT molecular complexity index is 557. The number of hydrogen-bond acceptors (Lipinski definition) is 4. The largest absolute Gasteiger partial charge is 0.389 e. The fourth-order valence-electron chi connectivity index (χ4n) is 5.14. The minimum Gasteiger partial charge on any atom is -0.389 e. The van der Waals surface area contributed by atoms with E-state index in [1.807, 2.05) is 6.08 Å². The van der Waals surface area contributed by atoms with E-state index >= 15 is 0 Å². The Morgan fingerprint density at radius 3 is 2.69 bits per heavy atom. The van der Waals surface area contributed by atoms with Crippen molar-refractivity contribution in [1.29, 1.82) is 0 Å². The lowest BCUT2D eigenvalue weighted by Crippen LogP contribution is -2.37. The van der Waals surface area contributed by atoms with Gasteiger partial charge in [0.25, 0.3) is 0 Å². The van der Waals surface area contributed by atoms with Crippen LogP contribution in [0.2, 0.25) is 0 Å². The van der Waals surface area contributed by atoms with Gasteiger partial charge in [0.15, 0.2) is 0 Å². The molecule has 184 valence electrons. The number of nitrogens with one attached hydrogen (secondary N) is 1. The van der Waals surface area contributed by atoms with Gasteiger partial charge in [-0.05, 0) is 57.5 Å². The van der Waals surface area contributed by atoms with Gasteiger partial charge in [-0.1, -0.05) is 64.0 Å². The zero-order valence-electron chi connectivity index (χ0n) is 20.5. The Balaban J connectivity index is 1.52. The first-order valence-electron chi connectivity index (χ1n) is 13.5. The number of unbranched alkanes of at least 4 members (excludes halogenated alkanes) is 5. The minimum atomic E-state index is -0.371. The van der Waals surface area contributed by atoms with E-state index in [0.29, 0.717) is 24.5 Å². The first-order valence-corrected chi connectivity index (χ1v) is 13.5. The molecule has 0 aromatic heterocycles. The van der Waals surface area contributed by atoms with Crippen LogP contribution in [-0.4, -0.2) is 54.0 Å². The molecule has 1 heterocycles. The van der Waals surface area contributed by atoms with Crippen LogP contribution in [0.15, 0.2) is 12.2 Å². The van der Waals surface area contributed by atoms with Crippen molar-refractivity contribution in [3.63, 3.8) is 0 Å². The van der Waals surface area contributed by atoms with Crippen LogP contribution in [0.5, 0.6) is 0 Å². The molecule has 5 nitrogen and oxygen atoms in total. The summed E-state index contributed by atoms with van der Waals surface area (Å²) in [6.07, 6.45) is 19.1. The summed E-state index contributed by atoms with van der Waals surface area (Å²) in [7, 11) is 0. The maximum atomic E-state index is 12.3. The van der Waals surface area contributed by atoms with E-state index in [9.17, 15) is 14.7 Å². The summed E-state index contributed by atoms with van der Waals surface area (Å²) in [5.74, 6) is 1.00. The van der Waals surface area contributed by atoms with Crippen molar-refractivity contribution in [1.82, 2.24) is 10.2 Å². The van der Waals surface area contributed by atoms with E-state index in [1.165, 1.54) is 38.8 Å². The van der Waals surface area contributed by atoms with E-state index in [2.05, 4.69) is 23.2 Å². The number of carbonyl (C=O) groups excluding carboxylic acids is 2. The van der Waals surface area contributed by atoms with Crippen molar-refractivity contribution in [3.05, 3.63) is 12.2 Å². The van der Waals surface area contributed by atoms with E-state index in [4.69, 9.17) is 0 Å². The average Bonchev–Trinajstić information content (AvgIpc) is 3.15. The normalized spacial score (nSPS) is 23.1. The highest BCUT2D eigenvalue weighted by Gasteiger charge is 2.32. The molecule has 0 radical (unpaired) electrons. The summed E-state index contributed by atoms with van der Waals surface area (Å²) in [6.45, 7) is 6.27. The van der Waals surface area contributed by atoms with Gasteiger partial charge in [0.2, 0.25) is 5.91 Å². The molecule has 3 atom stereocenters. The van der Waals surface area contributed by atoms with Crippen LogP contribution < -0.4 is 5.32 Å². The average molecular weight is 449 g/mol. The van der Waals surface area contributed by atoms with Crippen molar-refractivity contribution >= 4 is 11.7 Å². The fourth-order valence-corrected chi connectivity index (χ4v) is 5.14. The Morgan fingerprint density at radius 2 is 1.91 bits per heavy atom. The van der Waals surface area contributed by atoms with Crippen LogP contribution in [0, 0.1) is 11.8 Å². The lowest BCUT2D eigenvalue weighted by atomic mass is 9.89. The van der Waals surface area contributed by atoms with Gasteiger partial charge in [0, 0.05) is 31.8 Å². The molecule has 2 rings (SSSR count). The number of ketones is 1. The molecule has 1 saturated heterocycles. The number of Topliss-reactive ketones (excluding diaryl/α,β-unsaturated/α-hetero) is 1. The molecular formula is C27H48N2O3. The predicted molar refractivity (Wildman–Crippen MR) is 132 cm³/mol. The molecule has 2 fully saturated rings. The minimum absolute atomic E-state index is 0.132. The molecule has 0 unspecified atom stereocenters. The van der Waals surface area contributed by atoms with Gasteiger partial charge in [-0.3, -0.25) is 9.59 Å². The second-order valence-electron chi connectivity index (χ2n) is 9.93. The maximum Gasteiger partial charge on any atom is 0.220 e. The Morgan fingerprint density at radius 1 is 1.12 bits per heavy atom. The van der Waals surface area contributed by atoms with E-state index in [-0.39, 0.29) is 17.9 Å². The molecule has 1 aliphatic heterocycles. The number of likely N-dealkylation sites (tertiary alicyclic amines) is 1. The van der Waals surface area contributed by atoms with E-state index in [1.54, 1.807) is 0 Å². The van der Waals surface area contributed by atoms with Crippen LogP contribution >= 0.6 is 0 Å². The number of piperidine rings is 1. The van der Waals surface area contributed by atoms with Crippen molar-refractivity contribution in [2.45, 2.75) is 109 Å². The van der Waals surface area contributed by atoms with Crippen molar-refractivity contribution in [2.75, 3.05) is 26.2 Å². The van der Waals surface area contributed by atoms with E-state index < -0.39 is 0 Å². The number of amides is 1. The molecule has 1 saturated carbocycles. The Labute approximate surface area is 196 Å². The SMILES string of the molecule is CCCCC[C@H](O)/C=C/[C@H]1CCC(=O)[C@@H]1CCCCCCC(=O)NCCN1CCCCC1. The zero-order chi connectivity index (χ0) is 23.0. The number of carbonyl (C=O) groups is 2. The highest BCUT2D eigenvalue weighted by molar-refractivity contribution is 5.83. The van der Waals surface area contributed by atoms with E-state index in [0.717, 1.165) is 70.9 Å². The summed E-state index contributed by atoms with van der Waals surface area (Å²) < 4.78 is 0. The zero-order valence-corrected chi connectivity index (χ0v) is 20.5. The Kier molecular flexibility index (Phi) is 13.9. The second kappa shape index (κ2) is 16.4. The lowest BCUT2D eigenvalue weighted by Gasteiger charge is -2.26. The van der Waals surface area contributed by atoms with Gasteiger partial charge < -0.3 is 15.3 Å². The van der Waals surface area contributed by atoms with Crippen LogP contribution in [0.4, 0.5) is 0 Å². The number of hydrogen-bond donors (Lipinski definition) is 2. The van der Waals surface area contributed by atoms with Crippen LogP contribution in [0.25, 0.3) is 0 Å². The summed E-state index contributed by atoms with van der Waals surface area (Å²) in [5, 5.41) is 13.2. The predicted octanol–water partition coefficient (Wildman–Crippen LogP) is 5.02. The first kappa shape index (κ1) is 27.0. The molecule has 2 aliphatic rings. The molecule has 32 heavy (non-hydrogen) atoms. The standard InChI is InChI=1S/C27H48N2O3/c1-2-3-7-12-24(30)17-15-23-16-18-26(31)25(23)13-8-4-5-9-14-27(32)28-19-22-29-20-10-6-11-21-29/h15,17,23-25,30H,2-14,16,18-22H2,1H3,(H,28,32)/b17-15+/t23-,24-,25+/m0/s1. The smallest absolute Gasteiger partial charge is 0.220 e. The third-order valence-corrected chi connectivity index (χ3v) is 7.21. The molecular weight excluding hydrogens is 400 g/mol. The topological polar surface area (TPSA) is 69.6 Å². The first-order chi connectivity index (χ1) is 15.6. The molecule has 0 aromatic carbocycles. The molecule has 1 amide bonds. The van der Waals surface area contributed by atoms with Crippen LogP contribution in [0.1, 0.15) is 103 Å². The monoisotopic (exact) mass is 448 g/mol.